The molecule has 0 amide bonds. The zero-order chi connectivity index (χ0) is 5.82. The van der Waals surface area contributed by atoms with Gasteiger partial charge in [-0.25, -0.2) is 0 Å². The highest BCUT2D eigenvalue weighted by Crippen LogP contribution is 2.42. The highest BCUT2D eigenvalue weighted by molar-refractivity contribution is 7.41. The zero-order valence-corrected chi connectivity index (χ0v) is 5.69. The van der Waals surface area contributed by atoms with Crippen molar-refractivity contribution in [2.75, 3.05) is 19.8 Å². The highest BCUT2D eigenvalue weighted by atomic mass is 31.2. The molecule has 1 heterocycles. The van der Waals surface area contributed by atoms with E-state index in [1.165, 1.54) is 0 Å². The summed E-state index contributed by atoms with van der Waals surface area (Å²) in [4.78, 5) is 0. The van der Waals surface area contributed by atoms with E-state index in [2.05, 4.69) is 0 Å². The molecule has 48 valence electrons. The Kier molecular flexibility index (Phi) is 2.70. The summed E-state index contributed by atoms with van der Waals surface area (Å²) in [7, 11) is -0.945. The average molecular weight is 136 g/mol. The first-order valence-electron chi connectivity index (χ1n) is 2.62. The molecule has 0 aromatic carbocycles. The minimum atomic E-state index is -0.945. The lowest BCUT2D eigenvalue weighted by atomic mass is 10.8. The maximum absolute atomic E-state index is 5.02. The standard InChI is InChI=1S/C4H9O3P/c1-2-5-8-6-3-4-7-8/h2-4H2,1H3. The second-order valence-corrected chi connectivity index (χ2v) is 2.53. The molecule has 1 saturated heterocycles. The maximum Gasteiger partial charge on any atom is 0.332 e. The van der Waals surface area contributed by atoms with Crippen LogP contribution < -0.4 is 0 Å². The van der Waals surface area contributed by atoms with Crippen LogP contribution in [0.25, 0.3) is 0 Å². The van der Waals surface area contributed by atoms with Gasteiger partial charge in [0.05, 0.1) is 19.8 Å². The van der Waals surface area contributed by atoms with Crippen molar-refractivity contribution in [2.24, 2.45) is 0 Å². The van der Waals surface area contributed by atoms with E-state index in [4.69, 9.17) is 13.6 Å². The molecule has 0 saturated carbocycles. The summed E-state index contributed by atoms with van der Waals surface area (Å²) in [6.45, 7) is 3.97. The van der Waals surface area contributed by atoms with Gasteiger partial charge in [-0.1, -0.05) is 0 Å². The quantitative estimate of drug-likeness (QED) is 0.535. The van der Waals surface area contributed by atoms with Crippen LogP contribution in [0.15, 0.2) is 0 Å². The highest BCUT2D eigenvalue weighted by Gasteiger charge is 2.16. The molecule has 0 spiro atoms. The second-order valence-electron chi connectivity index (χ2n) is 1.31. The molecule has 8 heavy (non-hydrogen) atoms. The van der Waals surface area contributed by atoms with Crippen molar-refractivity contribution in [1.82, 2.24) is 0 Å². The van der Waals surface area contributed by atoms with Crippen LogP contribution in [0.2, 0.25) is 0 Å². The van der Waals surface area contributed by atoms with Gasteiger partial charge in [0.1, 0.15) is 0 Å². The van der Waals surface area contributed by atoms with Gasteiger partial charge in [-0.3, -0.25) is 0 Å². The summed E-state index contributed by atoms with van der Waals surface area (Å²) in [6.07, 6.45) is 0. The molecule has 0 aromatic rings. The Morgan fingerprint density at radius 1 is 1.50 bits per heavy atom. The van der Waals surface area contributed by atoms with Crippen molar-refractivity contribution in [1.29, 1.82) is 0 Å². The fourth-order valence-electron chi connectivity index (χ4n) is 0.441. The monoisotopic (exact) mass is 136 g/mol. The molecule has 0 radical (unpaired) electrons. The van der Waals surface area contributed by atoms with Crippen LogP contribution in [0, 0.1) is 0 Å². The Bertz CT molecular complexity index is 62.3. The van der Waals surface area contributed by atoms with Gasteiger partial charge in [-0.2, -0.15) is 0 Å². The van der Waals surface area contributed by atoms with Crippen molar-refractivity contribution in [3.63, 3.8) is 0 Å². The second kappa shape index (κ2) is 3.36. The Morgan fingerprint density at radius 3 is 2.62 bits per heavy atom. The SMILES string of the molecule is CCOP1OCCO1. The number of hydrogen-bond donors (Lipinski definition) is 0. The van der Waals surface area contributed by atoms with Gasteiger partial charge < -0.3 is 13.6 Å². The third-order valence-corrected chi connectivity index (χ3v) is 1.97. The maximum atomic E-state index is 5.02. The fraction of sp³-hybridized carbons (Fsp3) is 1.00. The van der Waals surface area contributed by atoms with E-state index < -0.39 is 8.60 Å². The van der Waals surface area contributed by atoms with Crippen molar-refractivity contribution in [3.8, 4) is 0 Å². The molecule has 1 aliphatic heterocycles. The van der Waals surface area contributed by atoms with Gasteiger partial charge >= 0.3 is 8.60 Å². The van der Waals surface area contributed by atoms with Gasteiger partial charge in [-0.15, -0.1) is 0 Å². The van der Waals surface area contributed by atoms with Crippen LogP contribution in [0.4, 0.5) is 0 Å². The Balaban J connectivity index is 2.06. The lowest BCUT2D eigenvalue weighted by Crippen LogP contribution is -1.81. The van der Waals surface area contributed by atoms with Crippen molar-refractivity contribution in [2.45, 2.75) is 6.92 Å². The van der Waals surface area contributed by atoms with Gasteiger partial charge in [-0.05, 0) is 6.92 Å². The summed E-state index contributed by atoms with van der Waals surface area (Å²) in [6, 6.07) is 0. The van der Waals surface area contributed by atoms with E-state index in [1.807, 2.05) is 6.92 Å². The van der Waals surface area contributed by atoms with Gasteiger partial charge in [0.15, 0.2) is 0 Å². The largest absolute Gasteiger partial charge is 0.332 e. The molecule has 0 aliphatic carbocycles. The van der Waals surface area contributed by atoms with E-state index in [0.29, 0.717) is 19.8 Å². The molecule has 1 aliphatic rings. The first-order chi connectivity index (χ1) is 3.93. The van der Waals surface area contributed by atoms with Crippen LogP contribution in [-0.2, 0) is 13.6 Å². The van der Waals surface area contributed by atoms with Crippen molar-refractivity contribution < 1.29 is 13.6 Å². The third-order valence-electron chi connectivity index (χ3n) is 0.711. The van der Waals surface area contributed by atoms with Crippen LogP contribution in [-0.4, -0.2) is 19.8 Å². The molecule has 1 rings (SSSR count). The normalized spacial score (nSPS) is 22.1. The molecular formula is C4H9O3P. The van der Waals surface area contributed by atoms with Gasteiger partial charge in [0.25, 0.3) is 0 Å². The molecule has 0 bridgehead atoms. The smallest absolute Gasteiger partial charge is 0.313 e. The summed E-state index contributed by atoms with van der Waals surface area (Å²) in [5.74, 6) is 0. The molecule has 0 unspecified atom stereocenters. The number of hydrogen-bond acceptors (Lipinski definition) is 3. The molecule has 0 N–H and O–H groups in total. The van der Waals surface area contributed by atoms with Crippen LogP contribution >= 0.6 is 8.60 Å². The van der Waals surface area contributed by atoms with Crippen molar-refractivity contribution >= 4 is 8.60 Å². The van der Waals surface area contributed by atoms with Crippen LogP contribution in [0.3, 0.4) is 0 Å². The minimum absolute atomic E-state index is 0.672. The predicted molar refractivity (Wildman–Crippen MR) is 30.4 cm³/mol. The van der Waals surface area contributed by atoms with Gasteiger partial charge in [0, 0.05) is 0 Å². The Labute approximate surface area is 49.9 Å². The summed E-state index contributed by atoms with van der Waals surface area (Å²) >= 11 is 0. The lowest BCUT2D eigenvalue weighted by Gasteiger charge is -2.03. The molecular weight excluding hydrogens is 127 g/mol. The summed E-state index contributed by atoms with van der Waals surface area (Å²) < 4.78 is 15.1. The third kappa shape index (κ3) is 1.67. The Hall–Kier alpha value is 0.310. The van der Waals surface area contributed by atoms with E-state index in [9.17, 15) is 0 Å². The van der Waals surface area contributed by atoms with Crippen molar-refractivity contribution in [3.05, 3.63) is 0 Å². The van der Waals surface area contributed by atoms with E-state index >= 15 is 0 Å². The van der Waals surface area contributed by atoms with E-state index in [0.717, 1.165) is 0 Å². The first kappa shape index (κ1) is 6.43. The minimum Gasteiger partial charge on any atom is -0.313 e. The number of rotatable bonds is 2. The zero-order valence-electron chi connectivity index (χ0n) is 4.79. The predicted octanol–water partition coefficient (Wildman–Crippen LogP) is 1.30. The fourth-order valence-corrected chi connectivity index (χ4v) is 1.32. The average Bonchev–Trinajstić information content (AvgIpc) is 2.19. The first-order valence-corrected chi connectivity index (χ1v) is 3.72. The summed E-state index contributed by atoms with van der Waals surface area (Å²) in [5.41, 5.74) is 0. The Morgan fingerprint density at radius 2 is 2.12 bits per heavy atom. The lowest BCUT2D eigenvalue weighted by molar-refractivity contribution is 0.260. The van der Waals surface area contributed by atoms with Gasteiger partial charge in [0.2, 0.25) is 0 Å². The molecule has 0 atom stereocenters. The topological polar surface area (TPSA) is 27.7 Å². The van der Waals surface area contributed by atoms with E-state index in [-0.39, 0.29) is 0 Å². The van der Waals surface area contributed by atoms with Crippen LogP contribution in [0.5, 0.6) is 0 Å². The molecule has 3 nitrogen and oxygen atoms in total. The molecule has 4 heteroatoms. The van der Waals surface area contributed by atoms with Crippen LogP contribution in [0.1, 0.15) is 6.92 Å². The molecule has 0 aromatic heterocycles. The molecule has 1 fully saturated rings. The van der Waals surface area contributed by atoms with E-state index in [1.54, 1.807) is 0 Å². The summed E-state index contributed by atoms with van der Waals surface area (Å²) in [5, 5.41) is 0.